The molecule has 0 aliphatic rings. The van der Waals surface area contributed by atoms with Gasteiger partial charge < -0.3 is 19.8 Å². The van der Waals surface area contributed by atoms with Crippen molar-refractivity contribution in [3.63, 3.8) is 0 Å². The van der Waals surface area contributed by atoms with E-state index in [4.69, 9.17) is 14.7 Å². The van der Waals surface area contributed by atoms with Crippen molar-refractivity contribution in [1.82, 2.24) is 4.90 Å². The van der Waals surface area contributed by atoms with Gasteiger partial charge in [-0.1, -0.05) is 12.1 Å². The molecule has 0 saturated carbocycles. The topological polar surface area (TPSA) is 107 Å². The van der Waals surface area contributed by atoms with Gasteiger partial charge in [-0.15, -0.1) is 0 Å². The molecule has 1 aromatic carbocycles. The molecule has 1 unspecified atom stereocenters. The number of aliphatic hydroxyl groups is 1. The quantitative estimate of drug-likeness (QED) is 0.601. The van der Waals surface area contributed by atoms with E-state index >= 15 is 0 Å². The number of rotatable bonds is 8. The molecule has 0 radical (unpaired) electrons. The predicted molar refractivity (Wildman–Crippen MR) is 68.9 cm³/mol. The highest BCUT2D eigenvalue weighted by Gasteiger charge is 2.14. The predicted octanol–water partition coefficient (Wildman–Crippen LogP) is 0.582. The fourth-order valence-corrected chi connectivity index (χ4v) is 2.55. The maximum atomic E-state index is 11.8. The number of carboxylic acid groups (broad SMARTS) is 1. The lowest BCUT2D eigenvalue weighted by atomic mass is 10.3. The molecule has 3 N–H and O–H groups in total. The van der Waals surface area contributed by atoms with Gasteiger partial charge in [-0.05, 0) is 12.1 Å². The zero-order valence-electron chi connectivity index (χ0n) is 10.2. The van der Waals surface area contributed by atoms with Crippen LogP contribution in [0, 0.1) is 0 Å². The van der Waals surface area contributed by atoms with Crippen molar-refractivity contribution >= 4 is 14.0 Å². The number of hydrogen-bond donors (Lipinski definition) is 3. The molecular formula is C11H16NO6P. The number of aliphatic carboxylic acids is 1. The minimum atomic E-state index is -2.59. The fraction of sp³-hybridized carbons (Fsp3) is 0.364. The van der Waals surface area contributed by atoms with Crippen molar-refractivity contribution in [2.24, 2.45) is 0 Å². The van der Waals surface area contributed by atoms with Crippen LogP contribution < -0.4 is 4.52 Å². The average Bonchev–Trinajstić information content (AvgIpc) is 2.31. The Bertz CT molecular complexity index is 453. The van der Waals surface area contributed by atoms with Crippen molar-refractivity contribution < 1.29 is 29.2 Å². The average molecular weight is 289 g/mol. The first-order valence-corrected chi connectivity index (χ1v) is 7.09. The number of benzene rings is 1. The van der Waals surface area contributed by atoms with Gasteiger partial charge in [0.25, 0.3) is 0 Å². The van der Waals surface area contributed by atoms with E-state index in [1.165, 1.54) is 17.0 Å². The zero-order chi connectivity index (χ0) is 14.3. The van der Waals surface area contributed by atoms with Gasteiger partial charge in [0, 0.05) is 6.54 Å². The van der Waals surface area contributed by atoms with Gasteiger partial charge in [-0.2, -0.15) is 0 Å². The third kappa shape index (κ3) is 5.74. The molecule has 0 fully saturated rings. The SMILES string of the molecule is O=C(O)CN(CCO)C[PH](=O)Oc1ccccc1O. The Morgan fingerprint density at radius 2 is 2.05 bits per heavy atom. The highest BCUT2D eigenvalue weighted by atomic mass is 31.1. The van der Waals surface area contributed by atoms with Crippen molar-refractivity contribution in [2.45, 2.75) is 0 Å². The lowest BCUT2D eigenvalue weighted by Crippen LogP contribution is -2.32. The Hall–Kier alpha value is -1.56. The normalized spacial score (nSPS) is 12.3. The van der Waals surface area contributed by atoms with E-state index in [9.17, 15) is 14.5 Å². The second-order valence-electron chi connectivity index (χ2n) is 3.77. The lowest BCUT2D eigenvalue weighted by Gasteiger charge is -2.18. The van der Waals surface area contributed by atoms with Gasteiger partial charge in [-0.25, -0.2) is 0 Å². The van der Waals surface area contributed by atoms with Crippen LogP contribution in [0.25, 0.3) is 0 Å². The second-order valence-corrected chi connectivity index (χ2v) is 5.03. The number of carbonyl (C=O) groups is 1. The summed E-state index contributed by atoms with van der Waals surface area (Å²) < 4.78 is 16.9. The van der Waals surface area contributed by atoms with Gasteiger partial charge in [0.1, 0.15) is 0 Å². The number of para-hydroxylation sites is 2. The third-order valence-corrected chi connectivity index (χ3v) is 3.37. The van der Waals surface area contributed by atoms with Crippen LogP contribution in [0.5, 0.6) is 11.5 Å². The fourth-order valence-electron chi connectivity index (χ4n) is 1.43. The molecule has 0 aliphatic heterocycles. The Balaban J connectivity index is 2.57. The molecule has 7 nitrogen and oxygen atoms in total. The molecule has 0 spiro atoms. The van der Waals surface area contributed by atoms with Crippen LogP contribution >= 0.6 is 8.03 Å². The minimum Gasteiger partial charge on any atom is -0.504 e. The number of phenols is 1. The summed E-state index contributed by atoms with van der Waals surface area (Å²) >= 11 is 0. The molecule has 19 heavy (non-hydrogen) atoms. The first kappa shape index (κ1) is 15.5. The number of aromatic hydroxyl groups is 1. The third-order valence-electron chi connectivity index (χ3n) is 2.22. The number of hydrogen-bond acceptors (Lipinski definition) is 6. The lowest BCUT2D eigenvalue weighted by molar-refractivity contribution is -0.138. The molecular weight excluding hydrogens is 273 g/mol. The molecule has 0 amide bonds. The number of aliphatic hydroxyl groups excluding tert-OH is 1. The van der Waals surface area contributed by atoms with Gasteiger partial charge in [0.2, 0.25) is 8.03 Å². The monoisotopic (exact) mass is 289 g/mol. The molecule has 8 heteroatoms. The smallest absolute Gasteiger partial charge is 0.317 e. The minimum absolute atomic E-state index is 0.0886. The Labute approximate surface area is 110 Å². The highest BCUT2D eigenvalue weighted by Crippen LogP contribution is 2.33. The Morgan fingerprint density at radius 3 is 2.63 bits per heavy atom. The van der Waals surface area contributed by atoms with Crippen molar-refractivity contribution in [2.75, 3.05) is 26.0 Å². The van der Waals surface area contributed by atoms with Gasteiger partial charge >= 0.3 is 5.97 Å². The Morgan fingerprint density at radius 1 is 1.37 bits per heavy atom. The summed E-state index contributed by atoms with van der Waals surface area (Å²) in [6.07, 6.45) is -0.105. The summed E-state index contributed by atoms with van der Waals surface area (Å²) in [5, 5.41) is 26.9. The van der Waals surface area contributed by atoms with Crippen LogP contribution in [0.1, 0.15) is 0 Å². The maximum Gasteiger partial charge on any atom is 0.317 e. The number of nitrogens with zero attached hydrogens (tertiary/aromatic N) is 1. The standard InChI is InChI=1S/C11H16NO6P/c13-6-5-12(7-11(15)16)8-19(17)18-10-4-2-1-3-9(10)14/h1-4,13-14,19H,5-8H2,(H,15,16). The summed E-state index contributed by atoms with van der Waals surface area (Å²) in [6, 6.07) is 6.08. The number of phenolic OH excluding ortho intramolecular Hbond substituents is 1. The van der Waals surface area contributed by atoms with Crippen LogP contribution in [0.15, 0.2) is 24.3 Å². The van der Waals surface area contributed by atoms with E-state index in [0.717, 1.165) is 0 Å². The van der Waals surface area contributed by atoms with Crippen molar-refractivity contribution in [1.29, 1.82) is 0 Å². The summed E-state index contributed by atoms with van der Waals surface area (Å²) in [7, 11) is -2.59. The zero-order valence-corrected chi connectivity index (χ0v) is 11.2. The molecule has 0 saturated heterocycles. The largest absolute Gasteiger partial charge is 0.504 e. The molecule has 1 rings (SSSR count). The second kappa shape index (κ2) is 7.78. The summed E-state index contributed by atoms with van der Waals surface area (Å²) in [5.41, 5.74) is 0. The van der Waals surface area contributed by atoms with E-state index < -0.39 is 14.0 Å². The molecule has 1 atom stereocenters. The molecule has 0 bridgehead atoms. The molecule has 106 valence electrons. The van der Waals surface area contributed by atoms with E-state index in [-0.39, 0.29) is 37.5 Å². The van der Waals surface area contributed by atoms with Gasteiger partial charge in [0.15, 0.2) is 11.5 Å². The van der Waals surface area contributed by atoms with E-state index in [2.05, 4.69) is 0 Å². The van der Waals surface area contributed by atoms with Crippen molar-refractivity contribution in [3.8, 4) is 11.5 Å². The van der Waals surface area contributed by atoms with Crippen LogP contribution in [0.2, 0.25) is 0 Å². The summed E-state index contributed by atoms with van der Waals surface area (Å²) in [5.74, 6) is -1.12. The highest BCUT2D eigenvalue weighted by molar-refractivity contribution is 7.39. The summed E-state index contributed by atoms with van der Waals surface area (Å²) in [4.78, 5) is 11.9. The van der Waals surface area contributed by atoms with Crippen LogP contribution in [-0.4, -0.2) is 52.2 Å². The Kier molecular flexibility index (Phi) is 6.35. The van der Waals surface area contributed by atoms with E-state index in [1.54, 1.807) is 12.1 Å². The maximum absolute atomic E-state index is 11.8. The van der Waals surface area contributed by atoms with Crippen LogP contribution in [-0.2, 0) is 9.36 Å². The van der Waals surface area contributed by atoms with Gasteiger partial charge in [-0.3, -0.25) is 14.3 Å². The molecule has 1 aromatic rings. The first-order valence-electron chi connectivity index (χ1n) is 5.56. The van der Waals surface area contributed by atoms with Crippen LogP contribution in [0.4, 0.5) is 0 Å². The van der Waals surface area contributed by atoms with E-state index in [0.29, 0.717) is 0 Å². The number of carboxylic acids is 1. The molecule has 0 aliphatic carbocycles. The van der Waals surface area contributed by atoms with Crippen molar-refractivity contribution in [3.05, 3.63) is 24.3 Å². The summed E-state index contributed by atoms with van der Waals surface area (Å²) in [6.45, 7) is -0.479. The molecule has 0 aromatic heterocycles. The van der Waals surface area contributed by atoms with Crippen LogP contribution in [0.3, 0.4) is 0 Å². The first-order chi connectivity index (χ1) is 9.02. The van der Waals surface area contributed by atoms with E-state index in [1.807, 2.05) is 0 Å². The van der Waals surface area contributed by atoms with Gasteiger partial charge in [0.05, 0.1) is 19.4 Å². The molecule has 0 heterocycles.